The SMILES string of the molecule is Cc1nc(NC(C)CC2CC2)ncc1C(=O)O. The number of carbonyl (C=O) groups is 1. The number of aromatic nitrogens is 2. The van der Waals surface area contributed by atoms with Crippen molar-refractivity contribution in [2.45, 2.75) is 39.2 Å². The van der Waals surface area contributed by atoms with Gasteiger partial charge in [0, 0.05) is 12.2 Å². The second-order valence-corrected chi connectivity index (χ2v) is 4.72. The zero-order valence-electron chi connectivity index (χ0n) is 10.1. The Hall–Kier alpha value is -1.65. The van der Waals surface area contributed by atoms with E-state index in [0.29, 0.717) is 17.7 Å². The lowest BCUT2D eigenvalue weighted by atomic mass is 10.2. The van der Waals surface area contributed by atoms with Crippen molar-refractivity contribution in [1.82, 2.24) is 9.97 Å². The summed E-state index contributed by atoms with van der Waals surface area (Å²) in [5.41, 5.74) is 0.652. The Morgan fingerprint density at radius 1 is 1.65 bits per heavy atom. The standard InChI is InChI=1S/C12H17N3O2/c1-7(5-9-3-4-9)14-12-13-6-10(11(16)17)8(2)15-12/h6-7,9H,3-5H2,1-2H3,(H,16,17)(H,13,14,15). The Labute approximate surface area is 100 Å². The zero-order chi connectivity index (χ0) is 12.4. The predicted molar refractivity (Wildman–Crippen MR) is 64.2 cm³/mol. The highest BCUT2D eigenvalue weighted by Gasteiger charge is 2.23. The van der Waals surface area contributed by atoms with Gasteiger partial charge in [-0.05, 0) is 26.2 Å². The van der Waals surface area contributed by atoms with Gasteiger partial charge in [0.15, 0.2) is 0 Å². The molecule has 0 saturated heterocycles. The Balaban J connectivity index is 2.00. The van der Waals surface area contributed by atoms with Crippen molar-refractivity contribution in [3.8, 4) is 0 Å². The highest BCUT2D eigenvalue weighted by molar-refractivity contribution is 5.88. The lowest BCUT2D eigenvalue weighted by molar-refractivity contribution is 0.0695. The summed E-state index contributed by atoms with van der Waals surface area (Å²) < 4.78 is 0. The molecule has 1 aromatic heterocycles. The third-order valence-corrected chi connectivity index (χ3v) is 2.97. The smallest absolute Gasteiger partial charge is 0.339 e. The molecule has 5 nitrogen and oxygen atoms in total. The molecule has 5 heteroatoms. The van der Waals surface area contributed by atoms with E-state index in [1.807, 2.05) is 0 Å². The normalized spacial score (nSPS) is 16.6. The van der Waals surface area contributed by atoms with Gasteiger partial charge in [-0.2, -0.15) is 0 Å². The molecule has 1 aliphatic carbocycles. The van der Waals surface area contributed by atoms with E-state index in [9.17, 15) is 4.79 Å². The van der Waals surface area contributed by atoms with Crippen molar-refractivity contribution >= 4 is 11.9 Å². The molecule has 17 heavy (non-hydrogen) atoms. The number of aromatic carboxylic acids is 1. The van der Waals surface area contributed by atoms with Crippen LogP contribution in [0.1, 0.15) is 42.2 Å². The van der Waals surface area contributed by atoms with Crippen LogP contribution in [0.4, 0.5) is 5.95 Å². The van der Waals surface area contributed by atoms with E-state index in [-0.39, 0.29) is 5.56 Å². The van der Waals surface area contributed by atoms with E-state index < -0.39 is 5.97 Å². The Kier molecular flexibility index (Phi) is 3.26. The highest BCUT2D eigenvalue weighted by Crippen LogP contribution is 2.33. The van der Waals surface area contributed by atoms with Crippen LogP contribution in [0, 0.1) is 12.8 Å². The maximum absolute atomic E-state index is 10.8. The summed E-state index contributed by atoms with van der Waals surface area (Å²) in [4.78, 5) is 19.0. The third kappa shape index (κ3) is 3.15. The van der Waals surface area contributed by atoms with Crippen molar-refractivity contribution in [1.29, 1.82) is 0 Å². The average Bonchev–Trinajstić information content (AvgIpc) is 3.00. The Morgan fingerprint density at radius 3 is 2.88 bits per heavy atom. The monoisotopic (exact) mass is 235 g/mol. The molecule has 1 aromatic rings. The molecule has 1 heterocycles. The van der Waals surface area contributed by atoms with Crippen molar-refractivity contribution < 1.29 is 9.90 Å². The van der Waals surface area contributed by atoms with Gasteiger partial charge in [-0.15, -0.1) is 0 Å². The summed E-state index contributed by atoms with van der Waals surface area (Å²) in [5.74, 6) is 0.373. The van der Waals surface area contributed by atoms with Gasteiger partial charge in [-0.1, -0.05) is 12.8 Å². The number of hydrogen-bond acceptors (Lipinski definition) is 4. The van der Waals surface area contributed by atoms with Crippen LogP contribution in [0.2, 0.25) is 0 Å². The molecule has 0 aliphatic heterocycles. The quantitative estimate of drug-likeness (QED) is 0.817. The minimum atomic E-state index is -0.986. The minimum Gasteiger partial charge on any atom is -0.478 e. The second kappa shape index (κ2) is 4.69. The average molecular weight is 235 g/mol. The van der Waals surface area contributed by atoms with Crippen molar-refractivity contribution in [3.05, 3.63) is 17.5 Å². The molecule has 1 fully saturated rings. The van der Waals surface area contributed by atoms with Crippen LogP contribution in [0.5, 0.6) is 0 Å². The molecular formula is C12H17N3O2. The molecule has 0 aromatic carbocycles. The van der Waals surface area contributed by atoms with Crippen molar-refractivity contribution in [2.75, 3.05) is 5.32 Å². The van der Waals surface area contributed by atoms with Gasteiger partial charge < -0.3 is 10.4 Å². The summed E-state index contributed by atoms with van der Waals surface area (Å²) >= 11 is 0. The van der Waals surface area contributed by atoms with Crippen molar-refractivity contribution in [2.24, 2.45) is 5.92 Å². The van der Waals surface area contributed by atoms with E-state index in [0.717, 1.165) is 12.3 Å². The van der Waals surface area contributed by atoms with Gasteiger partial charge in [-0.25, -0.2) is 14.8 Å². The maximum Gasteiger partial charge on any atom is 0.339 e. The predicted octanol–water partition coefficient (Wildman–Crippen LogP) is 2.08. The minimum absolute atomic E-state index is 0.158. The summed E-state index contributed by atoms with van der Waals surface area (Å²) in [7, 11) is 0. The fourth-order valence-corrected chi connectivity index (χ4v) is 1.88. The first-order valence-electron chi connectivity index (χ1n) is 5.89. The van der Waals surface area contributed by atoms with Gasteiger partial charge in [0.05, 0.1) is 11.3 Å². The Morgan fingerprint density at radius 2 is 2.35 bits per heavy atom. The number of aryl methyl sites for hydroxylation is 1. The fraction of sp³-hybridized carbons (Fsp3) is 0.583. The summed E-state index contributed by atoms with van der Waals surface area (Å²) in [6, 6.07) is 0.331. The second-order valence-electron chi connectivity index (χ2n) is 4.72. The number of carboxylic acids is 1. The number of nitrogens with one attached hydrogen (secondary N) is 1. The summed E-state index contributed by atoms with van der Waals surface area (Å²) in [5, 5.41) is 12.1. The van der Waals surface area contributed by atoms with Crippen LogP contribution in [-0.2, 0) is 0 Å². The van der Waals surface area contributed by atoms with E-state index in [1.165, 1.54) is 19.0 Å². The first-order valence-corrected chi connectivity index (χ1v) is 5.89. The van der Waals surface area contributed by atoms with Crippen molar-refractivity contribution in [3.63, 3.8) is 0 Å². The lowest BCUT2D eigenvalue weighted by Gasteiger charge is -2.13. The molecule has 0 amide bonds. The first kappa shape index (κ1) is 11.8. The molecule has 0 radical (unpaired) electrons. The molecule has 1 aliphatic rings. The third-order valence-electron chi connectivity index (χ3n) is 2.97. The van der Waals surface area contributed by atoms with Crippen LogP contribution in [-0.4, -0.2) is 27.1 Å². The topological polar surface area (TPSA) is 75.1 Å². The van der Waals surface area contributed by atoms with Gasteiger partial charge in [0.2, 0.25) is 5.95 Å². The number of rotatable bonds is 5. The molecule has 92 valence electrons. The molecule has 1 saturated carbocycles. The van der Waals surface area contributed by atoms with E-state index >= 15 is 0 Å². The van der Waals surface area contributed by atoms with Gasteiger partial charge in [-0.3, -0.25) is 0 Å². The maximum atomic E-state index is 10.8. The van der Waals surface area contributed by atoms with Crippen LogP contribution in [0.3, 0.4) is 0 Å². The molecule has 0 spiro atoms. The summed E-state index contributed by atoms with van der Waals surface area (Å²) in [6.07, 6.45) is 5.13. The number of hydrogen-bond donors (Lipinski definition) is 2. The first-order chi connectivity index (χ1) is 8.06. The number of anilines is 1. The Bertz CT molecular complexity index is 430. The molecule has 1 atom stereocenters. The number of carboxylic acid groups (broad SMARTS) is 1. The van der Waals surface area contributed by atoms with E-state index in [2.05, 4.69) is 22.2 Å². The molecular weight excluding hydrogens is 218 g/mol. The van der Waals surface area contributed by atoms with Crippen LogP contribution in [0.25, 0.3) is 0 Å². The molecule has 1 unspecified atom stereocenters. The number of nitrogens with zero attached hydrogens (tertiary/aromatic N) is 2. The van der Waals surface area contributed by atoms with Crippen LogP contribution < -0.4 is 5.32 Å². The van der Waals surface area contributed by atoms with Gasteiger partial charge >= 0.3 is 5.97 Å². The largest absolute Gasteiger partial charge is 0.478 e. The van der Waals surface area contributed by atoms with Gasteiger partial charge in [0.25, 0.3) is 0 Å². The van der Waals surface area contributed by atoms with Crippen LogP contribution in [0.15, 0.2) is 6.20 Å². The molecule has 2 rings (SSSR count). The fourth-order valence-electron chi connectivity index (χ4n) is 1.88. The molecule has 2 N–H and O–H groups in total. The van der Waals surface area contributed by atoms with Gasteiger partial charge in [0.1, 0.15) is 0 Å². The van der Waals surface area contributed by atoms with E-state index in [4.69, 9.17) is 5.11 Å². The lowest BCUT2D eigenvalue weighted by Crippen LogP contribution is -2.18. The summed E-state index contributed by atoms with van der Waals surface area (Å²) in [6.45, 7) is 3.78. The van der Waals surface area contributed by atoms with E-state index in [1.54, 1.807) is 6.92 Å². The molecule has 0 bridgehead atoms. The van der Waals surface area contributed by atoms with Crippen LogP contribution >= 0.6 is 0 Å². The highest BCUT2D eigenvalue weighted by atomic mass is 16.4. The zero-order valence-corrected chi connectivity index (χ0v) is 10.1.